The molecule has 3 rings (SSSR count). The molecule has 0 aliphatic carbocycles. The fourth-order valence-electron chi connectivity index (χ4n) is 2.53. The van der Waals surface area contributed by atoms with Crippen LogP contribution in [0.1, 0.15) is 32.0 Å². The molecule has 0 radical (unpaired) electrons. The minimum absolute atomic E-state index is 0.0768. The van der Waals surface area contributed by atoms with Gasteiger partial charge in [0.15, 0.2) is 0 Å². The van der Waals surface area contributed by atoms with Crippen molar-refractivity contribution in [3.05, 3.63) is 57.3 Å². The number of rotatable bonds is 2. The van der Waals surface area contributed by atoms with Crippen molar-refractivity contribution >= 4 is 27.8 Å². The number of hydrogen-bond acceptors (Lipinski definition) is 2. The molecule has 2 heterocycles. The Bertz CT molecular complexity index is 723. The number of aromatic amines is 1. The number of carbonyl (C=O) groups excluding carboxylic acids is 1. The Morgan fingerprint density at radius 3 is 2.71 bits per heavy atom. The number of carboxylic acids is 1. The first kappa shape index (κ1) is 13.9. The Morgan fingerprint density at radius 2 is 2.05 bits per heavy atom. The van der Waals surface area contributed by atoms with E-state index >= 15 is 0 Å². The van der Waals surface area contributed by atoms with E-state index in [1.165, 1.54) is 0 Å². The normalized spacial score (nSPS) is 13.9. The van der Waals surface area contributed by atoms with Crippen molar-refractivity contribution in [1.82, 2.24) is 9.88 Å². The molecule has 5 nitrogen and oxygen atoms in total. The second-order valence-electron chi connectivity index (χ2n) is 5.00. The van der Waals surface area contributed by atoms with Crippen LogP contribution >= 0.6 is 15.9 Å². The molecule has 2 aromatic rings. The zero-order valence-corrected chi connectivity index (χ0v) is 12.7. The van der Waals surface area contributed by atoms with Crippen molar-refractivity contribution in [2.45, 2.75) is 13.0 Å². The molecule has 0 atom stereocenters. The van der Waals surface area contributed by atoms with Crippen LogP contribution < -0.4 is 0 Å². The fraction of sp³-hybridized carbons (Fsp3) is 0.200. The highest BCUT2D eigenvalue weighted by Gasteiger charge is 2.23. The van der Waals surface area contributed by atoms with Gasteiger partial charge in [0.2, 0.25) is 0 Å². The maximum absolute atomic E-state index is 12.4. The summed E-state index contributed by atoms with van der Waals surface area (Å²) in [6.45, 7) is 1.07. The summed E-state index contributed by atoms with van der Waals surface area (Å²) in [5.41, 5.74) is 2.79. The van der Waals surface area contributed by atoms with Gasteiger partial charge in [0.25, 0.3) is 5.91 Å². The summed E-state index contributed by atoms with van der Waals surface area (Å²) in [4.78, 5) is 28.1. The predicted molar refractivity (Wildman–Crippen MR) is 80.3 cm³/mol. The maximum Gasteiger partial charge on any atom is 0.335 e. The fourth-order valence-corrected chi connectivity index (χ4v) is 2.87. The molecule has 2 N–H and O–H groups in total. The van der Waals surface area contributed by atoms with Gasteiger partial charge in [0, 0.05) is 23.8 Å². The molecule has 6 heteroatoms. The minimum atomic E-state index is -0.949. The van der Waals surface area contributed by atoms with E-state index in [1.807, 2.05) is 6.07 Å². The van der Waals surface area contributed by atoms with E-state index in [-0.39, 0.29) is 11.5 Å². The molecule has 0 fully saturated rings. The van der Waals surface area contributed by atoms with Crippen LogP contribution in [0.5, 0.6) is 0 Å². The predicted octanol–water partition coefficient (Wildman–Crippen LogP) is 2.67. The van der Waals surface area contributed by atoms with Crippen LogP contribution in [-0.2, 0) is 13.0 Å². The number of fused-ring (bicyclic) bond motifs is 1. The smallest absolute Gasteiger partial charge is 0.335 e. The number of halogens is 1. The average molecular weight is 349 g/mol. The molecular weight excluding hydrogens is 336 g/mol. The number of H-pyrrole nitrogens is 1. The van der Waals surface area contributed by atoms with E-state index in [1.54, 1.807) is 29.3 Å². The molecule has 0 saturated carbocycles. The van der Waals surface area contributed by atoms with Crippen LogP contribution in [0, 0.1) is 0 Å². The first-order valence-corrected chi connectivity index (χ1v) is 7.32. The zero-order chi connectivity index (χ0) is 15.0. The number of carbonyl (C=O) groups is 2. The number of amides is 1. The Balaban J connectivity index is 1.84. The summed E-state index contributed by atoms with van der Waals surface area (Å²) >= 11 is 3.31. The van der Waals surface area contributed by atoms with Gasteiger partial charge in [0.1, 0.15) is 5.69 Å². The van der Waals surface area contributed by atoms with Crippen LogP contribution in [0.2, 0.25) is 0 Å². The van der Waals surface area contributed by atoms with E-state index in [0.717, 1.165) is 22.0 Å². The highest BCUT2D eigenvalue weighted by atomic mass is 79.9. The number of nitrogens with one attached hydrogen (secondary N) is 1. The van der Waals surface area contributed by atoms with Gasteiger partial charge in [-0.05, 0) is 51.7 Å². The molecule has 1 aliphatic heterocycles. The molecule has 1 aromatic carbocycles. The lowest BCUT2D eigenvalue weighted by Crippen LogP contribution is -2.36. The molecule has 108 valence electrons. The van der Waals surface area contributed by atoms with Gasteiger partial charge >= 0.3 is 5.97 Å². The third kappa shape index (κ3) is 2.71. The van der Waals surface area contributed by atoms with Crippen molar-refractivity contribution in [1.29, 1.82) is 0 Å². The Hall–Kier alpha value is -2.08. The van der Waals surface area contributed by atoms with E-state index in [2.05, 4.69) is 20.9 Å². The summed E-state index contributed by atoms with van der Waals surface area (Å²) in [5, 5.41) is 9.05. The van der Waals surface area contributed by atoms with Gasteiger partial charge in [-0.25, -0.2) is 4.79 Å². The topological polar surface area (TPSA) is 73.4 Å². The number of aromatic carboxylic acids is 1. The zero-order valence-electron chi connectivity index (χ0n) is 11.1. The van der Waals surface area contributed by atoms with Gasteiger partial charge in [-0.2, -0.15) is 0 Å². The minimum Gasteiger partial charge on any atom is -0.478 e. The van der Waals surface area contributed by atoms with Gasteiger partial charge in [-0.15, -0.1) is 0 Å². The van der Waals surface area contributed by atoms with Crippen LogP contribution in [0.15, 0.2) is 34.9 Å². The monoisotopic (exact) mass is 348 g/mol. The van der Waals surface area contributed by atoms with Crippen molar-refractivity contribution in [2.24, 2.45) is 0 Å². The molecule has 21 heavy (non-hydrogen) atoms. The Morgan fingerprint density at radius 1 is 1.24 bits per heavy atom. The van der Waals surface area contributed by atoms with Crippen LogP contribution in [0.4, 0.5) is 0 Å². The molecule has 0 bridgehead atoms. The number of hydrogen-bond donors (Lipinski definition) is 2. The van der Waals surface area contributed by atoms with Gasteiger partial charge in [-0.3, -0.25) is 4.79 Å². The quantitative estimate of drug-likeness (QED) is 0.876. The van der Waals surface area contributed by atoms with Crippen molar-refractivity contribution in [2.75, 3.05) is 6.54 Å². The maximum atomic E-state index is 12.4. The molecular formula is C15H13BrN2O3. The van der Waals surface area contributed by atoms with Gasteiger partial charge < -0.3 is 15.0 Å². The number of benzene rings is 1. The lowest BCUT2D eigenvalue weighted by molar-refractivity contribution is 0.0696. The number of nitrogens with zero attached hydrogens (tertiary/aromatic N) is 1. The number of carboxylic acid groups (broad SMARTS) is 1. The van der Waals surface area contributed by atoms with E-state index in [9.17, 15) is 9.59 Å². The van der Waals surface area contributed by atoms with Crippen molar-refractivity contribution in [3.8, 4) is 0 Å². The van der Waals surface area contributed by atoms with Gasteiger partial charge in [-0.1, -0.05) is 6.07 Å². The number of aromatic nitrogens is 1. The first-order valence-electron chi connectivity index (χ1n) is 6.53. The summed E-state index contributed by atoms with van der Waals surface area (Å²) in [6, 6.07) is 6.85. The summed E-state index contributed by atoms with van der Waals surface area (Å²) in [6.07, 6.45) is 2.45. The summed E-state index contributed by atoms with van der Waals surface area (Å²) in [5.74, 6) is -1.03. The standard InChI is InChI=1S/C15H13BrN2O3/c16-12-6-13(17-7-12)14(19)18-4-3-9-1-2-10(15(20)21)5-11(9)8-18/h1-2,5-7,17H,3-4,8H2,(H,20,21). The second kappa shape index (κ2) is 5.37. The van der Waals surface area contributed by atoms with Crippen LogP contribution in [-0.4, -0.2) is 33.4 Å². The Labute approximate surface area is 129 Å². The van der Waals surface area contributed by atoms with Crippen molar-refractivity contribution < 1.29 is 14.7 Å². The van der Waals surface area contributed by atoms with Gasteiger partial charge in [0.05, 0.1) is 5.56 Å². The lowest BCUT2D eigenvalue weighted by Gasteiger charge is -2.28. The highest BCUT2D eigenvalue weighted by molar-refractivity contribution is 9.10. The lowest BCUT2D eigenvalue weighted by atomic mass is 9.97. The molecule has 1 aromatic heterocycles. The van der Waals surface area contributed by atoms with E-state index < -0.39 is 5.97 Å². The van der Waals surface area contributed by atoms with Crippen molar-refractivity contribution in [3.63, 3.8) is 0 Å². The summed E-state index contributed by atoms with van der Waals surface area (Å²) < 4.78 is 0.830. The molecule has 0 unspecified atom stereocenters. The third-order valence-corrected chi connectivity index (χ3v) is 4.09. The van der Waals surface area contributed by atoms with E-state index in [4.69, 9.17) is 5.11 Å². The van der Waals surface area contributed by atoms with Crippen LogP contribution in [0.25, 0.3) is 0 Å². The Kier molecular flexibility index (Phi) is 3.55. The second-order valence-corrected chi connectivity index (χ2v) is 5.91. The summed E-state index contributed by atoms with van der Waals surface area (Å²) in [7, 11) is 0. The average Bonchev–Trinajstić information content (AvgIpc) is 2.91. The molecule has 1 amide bonds. The SMILES string of the molecule is O=C(O)c1ccc2c(c1)CN(C(=O)c1cc(Br)c[nH]1)CC2. The molecule has 1 aliphatic rings. The molecule has 0 spiro atoms. The highest BCUT2D eigenvalue weighted by Crippen LogP contribution is 2.22. The third-order valence-electron chi connectivity index (χ3n) is 3.63. The van der Waals surface area contributed by atoms with Crippen LogP contribution in [0.3, 0.4) is 0 Å². The first-order chi connectivity index (χ1) is 10.0. The largest absolute Gasteiger partial charge is 0.478 e. The molecule has 0 saturated heterocycles. The van der Waals surface area contributed by atoms with E-state index in [0.29, 0.717) is 18.8 Å².